The number of rotatable bonds is 3. The third kappa shape index (κ3) is 3.97. The average Bonchev–Trinajstić information content (AvgIpc) is 2.84. The third-order valence-corrected chi connectivity index (χ3v) is 6.81. The lowest BCUT2D eigenvalue weighted by atomic mass is 9.73. The molecule has 1 unspecified atom stereocenters. The molecule has 0 aromatic heterocycles. The van der Waals surface area contributed by atoms with Crippen LogP contribution >= 0.6 is 0 Å². The van der Waals surface area contributed by atoms with E-state index < -0.39 is 11.7 Å². The van der Waals surface area contributed by atoms with Crippen molar-refractivity contribution in [2.75, 3.05) is 4.90 Å². The summed E-state index contributed by atoms with van der Waals surface area (Å²) in [6.45, 7) is 3.93. The Morgan fingerprint density at radius 1 is 0.971 bits per heavy atom. The zero-order valence-corrected chi connectivity index (χ0v) is 19.8. The highest BCUT2D eigenvalue weighted by Crippen LogP contribution is 2.48. The van der Waals surface area contributed by atoms with Gasteiger partial charge < -0.3 is 5.11 Å². The molecule has 176 valence electrons. The van der Waals surface area contributed by atoms with Gasteiger partial charge in [-0.05, 0) is 50.5 Å². The first-order chi connectivity index (χ1) is 16.9. The monoisotopic (exact) mass is 466 g/mol. The van der Waals surface area contributed by atoms with E-state index in [1.165, 1.54) is 6.07 Å². The largest absolute Gasteiger partial charge is 0.507 e. The van der Waals surface area contributed by atoms with Gasteiger partial charge in [-0.25, -0.2) is 4.39 Å². The van der Waals surface area contributed by atoms with E-state index in [2.05, 4.69) is 0 Å². The molecule has 0 saturated heterocycles. The number of aryl methyl sites for hydroxylation is 2. The number of carbonyl (C=O) groups is 1. The van der Waals surface area contributed by atoms with Gasteiger partial charge in [-0.2, -0.15) is 0 Å². The highest BCUT2D eigenvalue weighted by atomic mass is 19.1. The summed E-state index contributed by atoms with van der Waals surface area (Å²) in [6, 6.07) is 21.4. The van der Waals surface area contributed by atoms with Gasteiger partial charge in [0.15, 0.2) is 5.78 Å². The zero-order valence-electron chi connectivity index (χ0n) is 19.8. The van der Waals surface area contributed by atoms with E-state index in [0.29, 0.717) is 36.1 Å². The van der Waals surface area contributed by atoms with Gasteiger partial charge in [0.2, 0.25) is 0 Å². The molecular formula is C30H27FN2O2. The maximum absolute atomic E-state index is 15.2. The minimum absolute atomic E-state index is 0.0513. The number of carbonyl (C=O) groups excluding carboxylic acids is 1. The van der Waals surface area contributed by atoms with Crippen LogP contribution in [0.1, 0.15) is 47.4 Å². The first-order valence-corrected chi connectivity index (χ1v) is 11.8. The number of anilines is 1. The number of nitrogens with zero attached hydrogens (tertiary/aromatic N) is 1. The third-order valence-electron chi connectivity index (χ3n) is 6.81. The summed E-state index contributed by atoms with van der Waals surface area (Å²) in [5.41, 5.74) is 5.02. The predicted molar refractivity (Wildman–Crippen MR) is 137 cm³/mol. The van der Waals surface area contributed by atoms with Gasteiger partial charge in [0.25, 0.3) is 0 Å². The Morgan fingerprint density at radius 2 is 1.71 bits per heavy atom. The van der Waals surface area contributed by atoms with E-state index in [4.69, 9.17) is 0 Å². The quantitative estimate of drug-likeness (QED) is 0.409. The molecule has 1 aliphatic carbocycles. The van der Waals surface area contributed by atoms with E-state index in [0.717, 1.165) is 16.8 Å². The number of Topliss-reactive ketones (excluding diaryl/α,β-unsaturated/α-hetero) is 1. The highest BCUT2D eigenvalue weighted by Gasteiger charge is 2.44. The lowest BCUT2D eigenvalue weighted by Gasteiger charge is -2.42. The molecule has 5 rings (SSSR count). The van der Waals surface area contributed by atoms with Crippen molar-refractivity contribution < 1.29 is 14.3 Å². The van der Waals surface area contributed by atoms with Crippen molar-refractivity contribution >= 4 is 23.1 Å². The van der Waals surface area contributed by atoms with Crippen molar-refractivity contribution in [2.45, 2.75) is 39.0 Å². The smallest absolute Gasteiger partial charge is 0.161 e. The van der Waals surface area contributed by atoms with Crippen LogP contribution in [-0.2, 0) is 4.79 Å². The summed E-state index contributed by atoms with van der Waals surface area (Å²) < 4.78 is 15.2. The van der Waals surface area contributed by atoms with Crippen LogP contribution in [0.2, 0.25) is 0 Å². The van der Waals surface area contributed by atoms with Gasteiger partial charge in [-0.1, -0.05) is 60.2 Å². The Hall–Kier alpha value is -3.99. The number of halogens is 1. The summed E-state index contributed by atoms with van der Waals surface area (Å²) in [4.78, 5) is 15.2. The molecule has 0 saturated carbocycles. The van der Waals surface area contributed by atoms with Gasteiger partial charge in [0.1, 0.15) is 17.4 Å². The lowest BCUT2D eigenvalue weighted by molar-refractivity contribution is -0.116. The Bertz CT molecular complexity index is 1400. The summed E-state index contributed by atoms with van der Waals surface area (Å²) in [5, 5.41) is 20.9. The molecule has 0 bridgehead atoms. The van der Waals surface area contributed by atoms with Crippen molar-refractivity contribution in [1.82, 2.24) is 0 Å². The Morgan fingerprint density at radius 3 is 2.43 bits per heavy atom. The molecular weight excluding hydrogens is 439 g/mol. The van der Waals surface area contributed by atoms with Crippen LogP contribution in [0, 0.1) is 25.1 Å². The van der Waals surface area contributed by atoms with Gasteiger partial charge in [0, 0.05) is 46.0 Å². The number of benzene rings is 3. The molecule has 4 nitrogen and oxygen atoms in total. The molecule has 0 fully saturated rings. The van der Waals surface area contributed by atoms with Gasteiger partial charge in [-0.15, -0.1) is 0 Å². The SMILES string of the molecule is Cc1ccc(/C(O)=C2\C(=N)N(c3cccc(C)c3)C3=C(C(=O)CCC3)C2c2ccccc2F)cc1. The van der Waals surface area contributed by atoms with Crippen LogP contribution in [0.5, 0.6) is 0 Å². The second kappa shape index (κ2) is 8.99. The molecule has 0 amide bonds. The maximum Gasteiger partial charge on any atom is 0.161 e. The van der Waals surface area contributed by atoms with E-state index in [1.54, 1.807) is 35.2 Å². The van der Waals surface area contributed by atoms with E-state index in [1.807, 2.05) is 50.2 Å². The van der Waals surface area contributed by atoms with Crippen LogP contribution in [-0.4, -0.2) is 16.7 Å². The Kier molecular flexibility index (Phi) is 5.85. The second-order valence-electron chi connectivity index (χ2n) is 9.24. The molecule has 1 atom stereocenters. The molecule has 0 radical (unpaired) electrons. The van der Waals surface area contributed by atoms with Crippen LogP contribution in [0.3, 0.4) is 0 Å². The van der Waals surface area contributed by atoms with Gasteiger partial charge in [0.05, 0.1) is 0 Å². The number of hydrogen-bond donors (Lipinski definition) is 2. The fourth-order valence-corrected chi connectivity index (χ4v) is 5.13. The number of aliphatic hydroxyl groups excluding tert-OH is 1. The van der Waals surface area contributed by atoms with E-state index in [-0.39, 0.29) is 28.5 Å². The molecule has 35 heavy (non-hydrogen) atoms. The normalized spacial score (nSPS) is 19.6. The van der Waals surface area contributed by atoms with Crippen molar-refractivity contribution in [3.05, 3.63) is 118 Å². The molecule has 2 aliphatic rings. The number of ketones is 1. The Balaban J connectivity index is 1.85. The maximum atomic E-state index is 15.2. The number of hydrogen-bond acceptors (Lipinski definition) is 3. The molecule has 3 aromatic carbocycles. The van der Waals surface area contributed by atoms with Crippen LogP contribution in [0.15, 0.2) is 89.6 Å². The van der Waals surface area contributed by atoms with Crippen LogP contribution in [0.25, 0.3) is 5.76 Å². The average molecular weight is 467 g/mol. The van der Waals surface area contributed by atoms with Crippen LogP contribution in [0.4, 0.5) is 10.1 Å². The second-order valence-corrected chi connectivity index (χ2v) is 9.24. The lowest BCUT2D eigenvalue weighted by Crippen LogP contribution is -2.42. The highest BCUT2D eigenvalue weighted by molar-refractivity contribution is 6.19. The topological polar surface area (TPSA) is 64.4 Å². The molecule has 3 aromatic rings. The first-order valence-electron chi connectivity index (χ1n) is 11.8. The van der Waals surface area contributed by atoms with Gasteiger partial charge in [-0.3, -0.25) is 15.1 Å². The van der Waals surface area contributed by atoms with Crippen molar-refractivity contribution in [3.8, 4) is 0 Å². The minimum atomic E-state index is -0.867. The van der Waals surface area contributed by atoms with E-state index >= 15 is 4.39 Å². The first kappa shape index (κ1) is 22.8. The molecule has 2 N–H and O–H groups in total. The summed E-state index contributed by atoms with van der Waals surface area (Å²) in [5.74, 6) is -1.47. The van der Waals surface area contributed by atoms with Crippen LogP contribution < -0.4 is 4.90 Å². The standard InChI is InChI=1S/C30H27FN2O2/c1-18-13-15-20(16-14-18)29(35)28-26(22-9-3-4-10-23(22)31)27-24(11-6-12-25(27)34)33(30(28)32)21-8-5-7-19(2)17-21/h3-5,7-10,13-17,26,32,35H,6,11-12H2,1-2H3/b29-28+,32-30?. The van der Waals surface area contributed by atoms with E-state index in [9.17, 15) is 15.3 Å². The fraction of sp³-hybridized carbons (Fsp3) is 0.200. The fourth-order valence-electron chi connectivity index (χ4n) is 5.13. The molecule has 1 heterocycles. The summed E-state index contributed by atoms with van der Waals surface area (Å²) in [7, 11) is 0. The van der Waals surface area contributed by atoms with Crippen molar-refractivity contribution in [3.63, 3.8) is 0 Å². The van der Waals surface area contributed by atoms with Crippen molar-refractivity contribution in [1.29, 1.82) is 5.41 Å². The molecule has 0 spiro atoms. The summed E-state index contributed by atoms with van der Waals surface area (Å²) in [6.07, 6.45) is 1.62. The predicted octanol–water partition coefficient (Wildman–Crippen LogP) is 7.00. The number of amidine groups is 1. The number of nitrogens with one attached hydrogen (secondary N) is 1. The van der Waals surface area contributed by atoms with Crippen molar-refractivity contribution in [2.24, 2.45) is 0 Å². The number of aliphatic hydroxyl groups is 1. The molecule has 5 heteroatoms. The number of allylic oxidation sites excluding steroid dienone is 2. The van der Waals surface area contributed by atoms with Gasteiger partial charge >= 0.3 is 0 Å². The zero-order chi connectivity index (χ0) is 24.7. The summed E-state index contributed by atoms with van der Waals surface area (Å²) >= 11 is 0. The molecule has 1 aliphatic heterocycles. The minimum Gasteiger partial charge on any atom is -0.507 e. The Labute approximate surface area is 204 Å².